The van der Waals surface area contributed by atoms with Gasteiger partial charge in [0.25, 0.3) is 5.91 Å². The molecule has 1 amide bonds. The molecule has 0 aliphatic heterocycles. The van der Waals surface area contributed by atoms with Crippen molar-refractivity contribution in [2.45, 2.75) is 0 Å². The molecule has 0 heterocycles. The quantitative estimate of drug-likeness (QED) is 0.458. The van der Waals surface area contributed by atoms with E-state index in [4.69, 9.17) is 14.3 Å². The van der Waals surface area contributed by atoms with Crippen LogP contribution < -0.4 is 14.8 Å². The summed E-state index contributed by atoms with van der Waals surface area (Å²) in [6.07, 6.45) is 1.51. The minimum absolute atomic E-state index is 0.201. The van der Waals surface area contributed by atoms with Crippen molar-refractivity contribution in [1.29, 1.82) is 0 Å². The van der Waals surface area contributed by atoms with Crippen molar-refractivity contribution in [3.63, 3.8) is 0 Å². The molecule has 0 aromatic heterocycles. The van der Waals surface area contributed by atoms with Gasteiger partial charge in [-0.15, -0.1) is 0 Å². The molecule has 3 aromatic rings. The van der Waals surface area contributed by atoms with E-state index >= 15 is 0 Å². The number of carbonyl (C=O) groups is 1. The van der Waals surface area contributed by atoms with Crippen molar-refractivity contribution in [3.05, 3.63) is 78.4 Å². The van der Waals surface area contributed by atoms with E-state index in [9.17, 15) is 4.79 Å². The molecule has 6 nitrogen and oxygen atoms in total. The Kier molecular flexibility index (Phi) is 6.84. The van der Waals surface area contributed by atoms with Crippen LogP contribution >= 0.6 is 0 Å². The molecule has 3 aromatic carbocycles. The molecule has 0 saturated heterocycles. The fourth-order valence-corrected chi connectivity index (χ4v) is 2.77. The normalized spacial score (nSPS) is 10.6. The zero-order chi connectivity index (χ0) is 20.5. The maximum Gasteiger partial charge on any atom is 0.265 e. The second kappa shape index (κ2) is 9.94. The Morgan fingerprint density at radius 1 is 0.931 bits per heavy atom. The summed E-state index contributed by atoms with van der Waals surface area (Å²) in [6, 6.07) is 22.8. The minimum Gasteiger partial charge on any atom is -0.493 e. The fourth-order valence-electron chi connectivity index (χ4n) is 2.77. The van der Waals surface area contributed by atoms with E-state index in [2.05, 4.69) is 10.5 Å². The van der Waals surface area contributed by atoms with Crippen LogP contribution in [0.25, 0.3) is 11.1 Å². The fraction of sp³-hybridized carbons (Fsp3) is 0.130. The summed E-state index contributed by atoms with van der Waals surface area (Å²) < 4.78 is 10.4. The number of amides is 1. The summed E-state index contributed by atoms with van der Waals surface area (Å²) in [5.41, 5.74) is 3.44. The number of ether oxygens (including phenoxy) is 2. The third-order valence-electron chi connectivity index (χ3n) is 4.17. The number of para-hydroxylation sites is 1. The predicted octanol–water partition coefficient (Wildman–Crippen LogP) is 4.36. The Morgan fingerprint density at radius 2 is 1.66 bits per heavy atom. The summed E-state index contributed by atoms with van der Waals surface area (Å²) in [4.78, 5) is 17.4. The highest BCUT2D eigenvalue weighted by atomic mass is 16.6. The van der Waals surface area contributed by atoms with E-state index in [0.717, 1.165) is 22.4 Å². The van der Waals surface area contributed by atoms with Gasteiger partial charge in [-0.2, -0.15) is 0 Å². The zero-order valence-electron chi connectivity index (χ0n) is 16.3. The van der Waals surface area contributed by atoms with Crippen molar-refractivity contribution in [3.8, 4) is 22.6 Å². The zero-order valence-corrected chi connectivity index (χ0v) is 16.3. The van der Waals surface area contributed by atoms with Crippen LogP contribution in [0.1, 0.15) is 5.56 Å². The molecular weight excluding hydrogens is 368 g/mol. The van der Waals surface area contributed by atoms with Crippen LogP contribution in [-0.4, -0.2) is 32.9 Å². The monoisotopic (exact) mass is 390 g/mol. The number of anilines is 1. The lowest BCUT2D eigenvalue weighted by molar-refractivity contribution is -0.120. The van der Waals surface area contributed by atoms with Gasteiger partial charge in [-0.05, 0) is 29.8 Å². The van der Waals surface area contributed by atoms with E-state index in [1.165, 1.54) is 6.21 Å². The van der Waals surface area contributed by atoms with Gasteiger partial charge in [0.15, 0.2) is 18.1 Å². The number of carbonyl (C=O) groups excluding carboxylic acids is 1. The van der Waals surface area contributed by atoms with Gasteiger partial charge in [0.05, 0.1) is 20.4 Å². The van der Waals surface area contributed by atoms with Crippen LogP contribution in [0, 0.1) is 0 Å². The SMILES string of the molecule is COc1ccc(/C=N/OCC(=O)Nc2ccccc2-c2ccccc2)cc1OC. The molecule has 0 aliphatic rings. The van der Waals surface area contributed by atoms with Crippen LogP contribution in [0.15, 0.2) is 78.0 Å². The molecule has 0 atom stereocenters. The summed E-state index contributed by atoms with van der Waals surface area (Å²) in [7, 11) is 3.14. The van der Waals surface area contributed by atoms with Crippen LogP contribution in [-0.2, 0) is 9.63 Å². The number of oxime groups is 1. The molecule has 148 valence electrons. The van der Waals surface area contributed by atoms with Gasteiger partial charge < -0.3 is 19.6 Å². The molecule has 1 N–H and O–H groups in total. The van der Waals surface area contributed by atoms with Crippen molar-refractivity contribution in [1.82, 2.24) is 0 Å². The molecule has 6 heteroatoms. The first kappa shape index (κ1) is 19.9. The second-order valence-corrected chi connectivity index (χ2v) is 6.08. The second-order valence-electron chi connectivity index (χ2n) is 6.08. The first-order valence-corrected chi connectivity index (χ1v) is 9.03. The van der Waals surface area contributed by atoms with Crippen LogP contribution in [0.2, 0.25) is 0 Å². The highest BCUT2D eigenvalue weighted by Crippen LogP contribution is 2.28. The van der Waals surface area contributed by atoms with Gasteiger partial charge in [0.1, 0.15) is 0 Å². The summed E-state index contributed by atoms with van der Waals surface area (Å²) in [6.45, 7) is -0.201. The van der Waals surface area contributed by atoms with Gasteiger partial charge in [0.2, 0.25) is 0 Å². The van der Waals surface area contributed by atoms with Crippen LogP contribution in [0.5, 0.6) is 11.5 Å². The summed E-state index contributed by atoms with van der Waals surface area (Å²) >= 11 is 0. The Hall–Kier alpha value is -3.80. The number of nitrogens with one attached hydrogen (secondary N) is 1. The molecule has 0 bridgehead atoms. The highest BCUT2D eigenvalue weighted by molar-refractivity contribution is 5.96. The average Bonchev–Trinajstić information content (AvgIpc) is 2.77. The number of rotatable bonds is 8. The number of methoxy groups -OCH3 is 2. The number of benzene rings is 3. The predicted molar refractivity (Wildman–Crippen MR) is 114 cm³/mol. The number of nitrogens with zero attached hydrogens (tertiary/aromatic N) is 1. The van der Waals surface area contributed by atoms with Gasteiger partial charge in [-0.1, -0.05) is 53.7 Å². The lowest BCUT2D eigenvalue weighted by Crippen LogP contribution is -2.17. The lowest BCUT2D eigenvalue weighted by atomic mass is 10.0. The molecular formula is C23H22N2O4. The Bertz CT molecular complexity index is 987. The maximum absolute atomic E-state index is 12.2. The van der Waals surface area contributed by atoms with Gasteiger partial charge in [0, 0.05) is 16.8 Å². The molecule has 0 saturated carbocycles. The third-order valence-corrected chi connectivity index (χ3v) is 4.17. The van der Waals surface area contributed by atoms with Crippen molar-refractivity contribution < 1.29 is 19.1 Å². The third kappa shape index (κ3) is 5.35. The van der Waals surface area contributed by atoms with Crippen LogP contribution in [0.4, 0.5) is 5.69 Å². The molecule has 3 rings (SSSR count). The van der Waals surface area contributed by atoms with E-state index in [1.54, 1.807) is 26.4 Å². The van der Waals surface area contributed by atoms with E-state index in [1.807, 2.05) is 60.7 Å². The lowest BCUT2D eigenvalue weighted by Gasteiger charge is -2.10. The van der Waals surface area contributed by atoms with Crippen LogP contribution in [0.3, 0.4) is 0 Å². The van der Waals surface area contributed by atoms with E-state index in [-0.39, 0.29) is 12.5 Å². The van der Waals surface area contributed by atoms with Gasteiger partial charge >= 0.3 is 0 Å². The first-order valence-electron chi connectivity index (χ1n) is 9.03. The highest BCUT2D eigenvalue weighted by Gasteiger charge is 2.08. The number of hydrogen-bond acceptors (Lipinski definition) is 5. The summed E-state index contributed by atoms with van der Waals surface area (Å²) in [5, 5.41) is 6.72. The molecule has 0 spiro atoms. The standard InChI is InChI=1S/C23H22N2O4/c1-27-21-13-12-17(14-22(21)28-2)15-24-29-16-23(26)25-20-11-7-6-10-19(20)18-8-4-3-5-9-18/h3-15H,16H2,1-2H3,(H,25,26)/b24-15+. The van der Waals surface area contributed by atoms with Crippen molar-refractivity contribution >= 4 is 17.8 Å². The number of hydrogen-bond donors (Lipinski definition) is 1. The van der Waals surface area contributed by atoms with Gasteiger partial charge in [-0.25, -0.2) is 0 Å². The summed E-state index contributed by atoms with van der Waals surface area (Å²) in [5.74, 6) is 0.923. The molecule has 0 aliphatic carbocycles. The average molecular weight is 390 g/mol. The molecule has 0 unspecified atom stereocenters. The molecule has 29 heavy (non-hydrogen) atoms. The minimum atomic E-state index is -0.294. The van der Waals surface area contributed by atoms with E-state index < -0.39 is 0 Å². The molecule has 0 radical (unpaired) electrons. The first-order chi connectivity index (χ1) is 14.2. The Balaban J connectivity index is 1.58. The Morgan fingerprint density at radius 3 is 2.41 bits per heavy atom. The van der Waals surface area contributed by atoms with Crippen molar-refractivity contribution in [2.75, 3.05) is 26.1 Å². The smallest absolute Gasteiger partial charge is 0.265 e. The molecule has 0 fully saturated rings. The van der Waals surface area contributed by atoms with E-state index in [0.29, 0.717) is 11.5 Å². The topological polar surface area (TPSA) is 69.2 Å². The maximum atomic E-state index is 12.2. The van der Waals surface area contributed by atoms with Gasteiger partial charge in [-0.3, -0.25) is 4.79 Å². The largest absolute Gasteiger partial charge is 0.493 e. The Labute approximate surface area is 169 Å². The van der Waals surface area contributed by atoms with Crippen molar-refractivity contribution in [2.24, 2.45) is 5.16 Å².